The molecule has 0 spiro atoms. The Morgan fingerprint density at radius 2 is 1.19 bits per heavy atom. The van der Waals surface area contributed by atoms with Crippen molar-refractivity contribution in [1.82, 2.24) is 0 Å². The fourth-order valence-corrected chi connectivity index (χ4v) is 0.684. The van der Waals surface area contributed by atoms with Gasteiger partial charge in [0.15, 0.2) is 0 Å². The minimum atomic E-state index is -2.97. The van der Waals surface area contributed by atoms with Crippen molar-refractivity contribution in [2.45, 2.75) is 18.4 Å². The zero-order valence-electron chi connectivity index (χ0n) is 8.21. The predicted molar refractivity (Wildman–Crippen MR) is 40.7 cm³/mol. The first-order valence-electron chi connectivity index (χ1n) is 3.11. The van der Waals surface area contributed by atoms with Gasteiger partial charge in [0, 0.05) is 24.8 Å². The molecule has 0 aliphatic rings. The number of carbonyl (C=O) groups is 3. The number of carbonyl (C=O) groups excluding carboxylic acids is 3. The van der Waals surface area contributed by atoms with Crippen LogP contribution >= 0.6 is 0 Å². The quantitative estimate of drug-likeness (QED) is 0.293. The van der Waals surface area contributed by atoms with Crippen molar-refractivity contribution >= 4 is 70.3 Å². The van der Waals surface area contributed by atoms with Crippen molar-refractivity contribution in [2.75, 3.05) is 0 Å². The minimum absolute atomic E-state index is 0. The van der Waals surface area contributed by atoms with Crippen molar-refractivity contribution in [3.05, 3.63) is 0 Å². The Kier molecular flexibility index (Phi) is 19.5. The molecule has 0 bridgehead atoms. The maximum Gasteiger partial charge on any atom is 3.00 e. The summed E-state index contributed by atoms with van der Waals surface area (Å²) in [7, 11) is 0. The first-order valence-corrected chi connectivity index (χ1v) is 3.11. The Morgan fingerprint density at radius 3 is 1.31 bits per heavy atom. The standard InChI is InChI=1S/C6H8O7.2Bi.K/c7-3(8)1-6(13,5(11)12)2-4(9)10;;;/h13H,1-2H2,(H,7,8)(H,9,10)(H,11,12);;;/q;2*+3;+1/p-3. The van der Waals surface area contributed by atoms with Gasteiger partial charge in [-0.1, -0.05) is 0 Å². The van der Waals surface area contributed by atoms with Gasteiger partial charge in [-0.3, -0.25) is 0 Å². The third-order valence-electron chi connectivity index (χ3n) is 1.25. The molecule has 0 atom stereocenters. The topological polar surface area (TPSA) is 141 Å². The van der Waals surface area contributed by atoms with Crippen LogP contribution < -0.4 is 66.7 Å². The number of rotatable bonds is 5. The molecule has 0 saturated heterocycles. The van der Waals surface area contributed by atoms with Crippen molar-refractivity contribution in [1.29, 1.82) is 0 Å². The molecular weight excluding hydrogens is 641 g/mol. The van der Waals surface area contributed by atoms with E-state index in [0.29, 0.717) is 0 Å². The maximum atomic E-state index is 10.1. The SMILES string of the molecule is O=C([O-])CC(O)(CC(=O)[O-])C(=O)[O-].[Bi+3].[Bi+3].[K+]. The molecule has 4 radical (unpaired) electrons. The van der Waals surface area contributed by atoms with Gasteiger partial charge in [0.05, 0.1) is 5.97 Å². The van der Waals surface area contributed by atoms with Crippen LogP contribution in [0.25, 0.3) is 0 Å². The summed E-state index contributed by atoms with van der Waals surface area (Å²) >= 11 is 0. The Bertz CT molecular complexity index is 241. The number of aliphatic carboxylic acids is 3. The van der Waals surface area contributed by atoms with Gasteiger partial charge >= 0.3 is 104 Å². The van der Waals surface area contributed by atoms with Crippen molar-refractivity contribution < 1.29 is 86.2 Å². The van der Waals surface area contributed by atoms with E-state index in [9.17, 15) is 29.7 Å². The van der Waals surface area contributed by atoms with Gasteiger partial charge in [-0.15, -0.1) is 0 Å². The molecule has 0 saturated carbocycles. The largest absolute Gasteiger partial charge is 3.00 e. The van der Waals surface area contributed by atoms with Crippen molar-refractivity contribution in [2.24, 2.45) is 0 Å². The van der Waals surface area contributed by atoms with Crippen LogP contribution in [0, 0.1) is 0 Å². The molecule has 0 amide bonds. The molecule has 78 valence electrons. The van der Waals surface area contributed by atoms with Gasteiger partial charge in [0.2, 0.25) is 0 Å². The van der Waals surface area contributed by atoms with Crippen molar-refractivity contribution in [3.63, 3.8) is 0 Å². The molecule has 0 aliphatic carbocycles. The summed E-state index contributed by atoms with van der Waals surface area (Å²) in [6.07, 6.45) is -2.72. The van der Waals surface area contributed by atoms with E-state index < -0.39 is 36.4 Å². The number of carboxylic acid groups (broad SMARTS) is 3. The van der Waals surface area contributed by atoms with Crippen LogP contribution in [0.4, 0.5) is 0 Å². The van der Waals surface area contributed by atoms with Crippen molar-refractivity contribution in [3.8, 4) is 0 Å². The Hall–Kier alpha value is 1.77. The third kappa shape index (κ3) is 10.9. The van der Waals surface area contributed by atoms with Crippen LogP contribution in [0.3, 0.4) is 0 Å². The van der Waals surface area contributed by atoms with Crippen LogP contribution in [-0.4, -0.2) is 81.0 Å². The number of aliphatic hydroxyl groups is 1. The van der Waals surface area contributed by atoms with Gasteiger partial charge in [-0.2, -0.15) is 0 Å². The Labute approximate surface area is 172 Å². The summed E-state index contributed by atoms with van der Waals surface area (Å²) in [6.45, 7) is 0. The number of carboxylic acids is 3. The normalized spacial score (nSPS) is 8.81. The van der Waals surface area contributed by atoms with Crippen LogP contribution in [0.2, 0.25) is 0 Å². The van der Waals surface area contributed by atoms with E-state index in [1.54, 1.807) is 0 Å². The second kappa shape index (κ2) is 11.8. The molecule has 10 heteroatoms. The average molecular weight is 646 g/mol. The first-order chi connectivity index (χ1) is 5.78. The van der Waals surface area contributed by atoms with Crippen LogP contribution in [0.1, 0.15) is 12.8 Å². The van der Waals surface area contributed by atoms with Crippen LogP contribution in [-0.2, 0) is 14.4 Å². The summed E-state index contributed by atoms with van der Waals surface area (Å²) in [5, 5.41) is 38.9. The number of hydrogen-bond acceptors (Lipinski definition) is 7. The molecule has 7 nitrogen and oxygen atoms in total. The maximum absolute atomic E-state index is 10.1. The van der Waals surface area contributed by atoms with Gasteiger partial charge in [-0.05, 0) is 0 Å². The van der Waals surface area contributed by atoms with E-state index in [1.165, 1.54) is 0 Å². The molecule has 0 aliphatic heterocycles. The van der Waals surface area contributed by atoms with E-state index in [1.807, 2.05) is 0 Å². The van der Waals surface area contributed by atoms with Crippen LogP contribution in [0.5, 0.6) is 0 Å². The summed E-state index contributed by atoms with van der Waals surface area (Å²) in [5.41, 5.74) is -2.97. The predicted octanol–water partition coefficient (Wildman–Crippen LogP) is -9.01. The van der Waals surface area contributed by atoms with Gasteiger partial charge in [0.25, 0.3) is 0 Å². The molecule has 0 aromatic rings. The monoisotopic (exact) mass is 646 g/mol. The zero-order chi connectivity index (χ0) is 10.6. The van der Waals surface area contributed by atoms with Gasteiger partial charge in [-0.25, -0.2) is 0 Å². The van der Waals surface area contributed by atoms with E-state index in [4.69, 9.17) is 5.11 Å². The molecule has 1 N–H and O–H groups in total. The second-order valence-corrected chi connectivity index (χ2v) is 2.42. The molecular formula is C6H5Bi2KO7+4. The minimum Gasteiger partial charge on any atom is -0.550 e. The molecule has 0 aromatic heterocycles. The third-order valence-corrected chi connectivity index (χ3v) is 1.25. The zero-order valence-corrected chi connectivity index (χ0v) is 18.3. The fourth-order valence-electron chi connectivity index (χ4n) is 0.684. The average Bonchev–Trinajstić information content (AvgIpc) is 1.82. The molecule has 0 heterocycles. The Morgan fingerprint density at radius 1 is 0.938 bits per heavy atom. The summed E-state index contributed by atoms with van der Waals surface area (Å²) in [5.74, 6) is -5.98. The molecule has 0 aromatic carbocycles. The first kappa shape index (κ1) is 26.4. The molecule has 0 rings (SSSR count). The smallest absolute Gasteiger partial charge is 0.550 e. The molecule has 0 fully saturated rings. The second-order valence-electron chi connectivity index (χ2n) is 2.42. The molecule has 16 heavy (non-hydrogen) atoms. The summed E-state index contributed by atoms with van der Waals surface area (Å²) in [6, 6.07) is 0. The van der Waals surface area contributed by atoms with Gasteiger partial charge < -0.3 is 34.8 Å². The van der Waals surface area contributed by atoms with E-state index in [-0.39, 0.29) is 104 Å². The number of hydrogen-bond donors (Lipinski definition) is 1. The molecule has 0 unspecified atom stereocenters. The van der Waals surface area contributed by atoms with Gasteiger partial charge in [0.1, 0.15) is 5.60 Å². The summed E-state index contributed by atoms with van der Waals surface area (Å²) < 4.78 is 0. The van der Waals surface area contributed by atoms with Crippen LogP contribution in [0.15, 0.2) is 0 Å². The van der Waals surface area contributed by atoms with E-state index >= 15 is 0 Å². The Balaban J connectivity index is -0.000000240. The summed E-state index contributed by atoms with van der Waals surface area (Å²) in [4.78, 5) is 30.0. The van der Waals surface area contributed by atoms with E-state index in [0.717, 1.165) is 0 Å². The fraction of sp³-hybridized carbons (Fsp3) is 0.500. The van der Waals surface area contributed by atoms with E-state index in [2.05, 4.69) is 0 Å².